The van der Waals surface area contributed by atoms with Crippen LogP contribution in [0.5, 0.6) is 11.5 Å². The monoisotopic (exact) mass is 446 g/mol. The first-order chi connectivity index (χ1) is 13.2. The molecular formula is C18H20Cl2N2O5S. The number of halogens is 2. The number of sulfonamides is 1. The molecule has 0 heterocycles. The Morgan fingerprint density at radius 1 is 1.11 bits per heavy atom. The van der Waals surface area contributed by atoms with Crippen molar-refractivity contribution >= 4 is 44.8 Å². The number of amides is 1. The highest BCUT2D eigenvalue weighted by atomic mass is 35.5. The third-order valence-corrected chi connectivity index (χ3v) is 5.55. The Morgan fingerprint density at radius 2 is 1.82 bits per heavy atom. The third-order valence-electron chi connectivity index (χ3n) is 3.83. The minimum absolute atomic E-state index is 0.127. The van der Waals surface area contributed by atoms with Gasteiger partial charge in [-0.15, -0.1) is 0 Å². The van der Waals surface area contributed by atoms with Crippen LogP contribution in [0.15, 0.2) is 36.4 Å². The minimum Gasteiger partial charge on any atom is -0.497 e. The van der Waals surface area contributed by atoms with Gasteiger partial charge in [-0.3, -0.25) is 9.10 Å². The first-order valence-electron chi connectivity index (χ1n) is 8.06. The van der Waals surface area contributed by atoms with E-state index >= 15 is 0 Å². The fourth-order valence-electron chi connectivity index (χ4n) is 2.42. The van der Waals surface area contributed by atoms with Gasteiger partial charge in [0.15, 0.2) is 0 Å². The lowest BCUT2D eigenvalue weighted by atomic mass is 10.2. The molecule has 0 aromatic heterocycles. The molecule has 10 heteroatoms. The number of carbonyl (C=O) groups is 1. The van der Waals surface area contributed by atoms with Gasteiger partial charge in [0.25, 0.3) is 0 Å². The highest BCUT2D eigenvalue weighted by Gasteiger charge is 2.24. The van der Waals surface area contributed by atoms with Crippen LogP contribution in [0, 0.1) is 0 Å². The molecule has 0 saturated carbocycles. The van der Waals surface area contributed by atoms with Gasteiger partial charge in [-0.05, 0) is 29.8 Å². The SMILES string of the molecule is COc1ccc(OC)c(N(CC(=O)NCc2ccc(Cl)cc2Cl)S(C)(=O)=O)c1. The maximum Gasteiger partial charge on any atom is 0.241 e. The maximum absolute atomic E-state index is 12.4. The maximum atomic E-state index is 12.4. The Kier molecular flexibility index (Phi) is 7.40. The first kappa shape index (κ1) is 22.1. The van der Waals surface area contributed by atoms with Crippen molar-refractivity contribution in [3.8, 4) is 11.5 Å². The zero-order valence-electron chi connectivity index (χ0n) is 15.5. The molecular weight excluding hydrogens is 427 g/mol. The van der Waals surface area contributed by atoms with Crippen molar-refractivity contribution in [1.82, 2.24) is 5.32 Å². The van der Waals surface area contributed by atoms with Crippen LogP contribution in [0.3, 0.4) is 0 Å². The number of rotatable bonds is 8. The average molecular weight is 447 g/mol. The Morgan fingerprint density at radius 3 is 2.39 bits per heavy atom. The lowest BCUT2D eigenvalue weighted by Crippen LogP contribution is -2.40. The number of carbonyl (C=O) groups excluding carboxylic acids is 1. The molecule has 28 heavy (non-hydrogen) atoms. The van der Waals surface area contributed by atoms with Gasteiger partial charge in [0.1, 0.15) is 18.0 Å². The van der Waals surface area contributed by atoms with Gasteiger partial charge in [-0.1, -0.05) is 29.3 Å². The molecule has 0 radical (unpaired) electrons. The van der Waals surface area contributed by atoms with E-state index in [0.717, 1.165) is 10.6 Å². The summed E-state index contributed by atoms with van der Waals surface area (Å²) >= 11 is 11.9. The van der Waals surface area contributed by atoms with Crippen molar-refractivity contribution in [2.24, 2.45) is 0 Å². The van der Waals surface area contributed by atoms with Crippen LogP contribution in [-0.4, -0.2) is 41.3 Å². The van der Waals surface area contributed by atoms with Crippen LogP contribution < -0.4 is 19.1 Å². The second kappa shape index (κ2) is 9.36. The Balaban J connectivity index is 2.22. The van der Waals surface area contributed by atoms with Crippen LogP contribution in [-0.2, 0) is 21.4 Å². The third kappa shape index (κ3) is 5.67. The largest absolute Gasteiger partial charge is 0.497 e. The molecule has 7 nitrogen and oxygen atoms in total. The summed E-state index contributed by atoms with van der Waals surface area (Å²) in [6, 6.07) is 9.59. The molecule has 0 spiro atoms. The van der Waals surface area contributed by atoms with E-state index in [4.69, 9.17) is 32.7 Å². The predicted molar refractivity (Wildman–Crippen MR) is 110 cm³/mol. The van der Waals surface area contributed by atoms with Gasteiger partial charge in [0, 0.05) is 22.7 Å². The second-order valence-electron chi connectivity index (χ2n) is 5.82. The highest BCUT2D eigenvalue weighted by molar-refractivity contribution is 7.92. The van der Waals surface area contributed by atoms with E-state index in [9.17, 15) is 13.2 Å². The Hall–Kier alpha value is -2.16. The van der Waals surface area contributed by atoms with E-state index in [1.54, 1.807) is 30.3 Å². The van der Waals surface area contributed by atoms with Gasteiger partial charge >= 0.3 is 0 Å². The second-order valence-corrected chi connectivity index (χ2v) is 8.57. The number of hydrogen-bond donors (Lipinski definition) is 1. The zero-order valence-corrected chi connectivity index (χ0v) is 17.9. The van der Waals surface area contributed by atoms with E-state index in [2.05, 4.69) is 5.32 Å². The molecule has 0 aliphatic carbocycles. The minimum atomic E-state index is -3.77. The van der Waals surface area contributed by atoms with Crippen molar-refractivity contribution in [1.29, 1.82) is 0 Å². The van der Waals surface area contributed by atoms with Crippen molar-refractivity contribution in [3.05, 3.63) is 52.0 Å². The van der Waals surface area contributed by atoms with Gasteiger partial charge in [-0.25, -0.2) is 8.42 Å². The number of nitrogens with one attached hydrogen (secondary N) is 1. The molecule has 2 aromatic rings. The molecule has 2 aromatic carbocycles. The molecule has 152 valence electrons. The molecule has 0 atom stereocenters. The molecule has 1 amide bonds. The van der Waals surface area contributed by atoms with Crippen LogP contribution in [0.1, 0.15) is 5.56 Å². The number of methoxy groups -OCH3 is 2. The zero-order chi connectivity index (χ0) is 20.9. The number of benzene rings is 2. The van der Waals surface area contributed by atoms with E-state index in [0.29, 0.717) is 27.1 Å². The van der Waals surface area contributed by atoms with E-state index in [1.165, 1.54) is 20.3 Å². The fourth-order valence-corrected chi connectivity index (χ4v) is 3.74. The first-order valence-corrected chi connectivity index (χ1v) is 10.7. The van der Waals surface area contributed by atoms with E-state index < -0.39 is 22.5 Å². The number of nitrogens with zero attached hydrogens (tertiary/aromatic N) is 1. The van der Waals surface area contributed by atoms with Crippen LogP contribution >= 0.6 is 23.2 Å². The summed E-state index contributed by atoms with van der Waals surface area (Å²) in [6.07, 6.45) is 1.01. The van der Waals surface area contributed by atoms with E-state index in [-0.39, 0.29) is 12.2 Å². The van der Waals surface area contributed by atoms with Crippen molar-refractivity contribution in [3.63, 3.8) is 0 Å². The Labute approximate surface area is 174 Å². The standard InChI is InChI=1S/C18H20Cl2N2O5S/c1-26-14-6-7-17(27-2)16(9-14)22(28(3,24)25)11-18(23)21-10-12-4-5-13(19)8-15(12)20/h4-9H,10-11H2,1-3H3,(H,21,23). The summed E-state index contributed by atoms with van der Waals surface area (Å²) in [5.74, 6) is 0.207. The molecule has 0 aliphatic heterocycles. The molecule has 2 rings (SSSR count). The number of ether oxygens (including phenoxy) is 2. The Bertz CT molecular complexity index is 966. The predicted octanol–water partition coefficient (Wildman–Crippen LogP) is 3.09. The van der Waals surface area contributed by atoms with Crippen molar-refractivity contribution < 1.29 is 22.7 Å². The summed E-state index contributed by atoms with van der Waals surface area (Å²) in [7, 11) is -0.906. The number of hydrogen-bond acceptors (Lipinski definition) is 5. The fraction of sp³-hybridized carbons (Fsp3) is 0.278. The highest BCUT2D eigenvalue weighted by Crippen LogP contribution is 2.33. The molecule has 0 saturated heterocycles. The van der Waals surface area contributed by atoms with Gasteiger partial charge < -0.3 is 14.8 Å². The molecule has 0 bridgehead atoms. The van der Waals surface area contributed by atoms with Crippen LogP contribution in [0.2, 0.25) is 10.0 Å². The number of anilines is 1. The van der Waals surface area contributed by atoms with Crippen LogP contribution in [0.25, 0.3) is 0 Å². The summed E-state index contributed by atoms with van der Waals surface area (Å²) in [6.45, 7) is -0.310. The quantitative estimate of drug-likeness (QED) is 0.673. The topological polar surface area (TPSA) is 84.9 Å². The summed E-state index contributed by atoms with van der Waals surface area (Å²) in [4.78, 5) is 12.4. The molecule has 0 fully saturated rings. The summed E-state index contributed by atoms with van der Waals surface area (Å²) < 4.78 is 36.0. The summed E-state index contributed by atoms with van der Waals surface area (Å²) in [5.41, 5.74) is 0.855. The van der Waals surface area contributed by atoms with Crippen molar-refractivity contribution in [2.45, 2.75) is 6.54 Å². The van der Waals surface area contributed by atoms with Gasteiger partial charge in [-0.2, -0.15) is 0 Å². The van der Waals surface area contributed by atoms with Gasteiger partial charge in [0.2, 0.25) is 15.9 Å². The van der Waals surface area contributed by atoms with Crippen LogP contribution in [0.4, 0.5) is 5.69 Å². The van der Waals surface area contributed by atoms with Crippen molar-refractivity contribution in [2.75, 3.05) is 31.3 Å². The molecule has 0 unspecified atom stereocenters. The van der Waals surface area contributed by atoms with Gasteiger partial charge in [0.05, 0.1) is 26.2 Å². The van der Waals surface area contributed by atoms with E-state index in [1.807, 2.05) is 0 Å². The molecule has 0 aliphatic rings. The smallest absolute Gasteiger partial charge is 0.241 e. The normalized spacial score (nSPS) is 11.0. The lowest BCUT2D eigenvalue weighted by molar-refractivity contribution is -0.119. The lowest BCUT2D eigenvalue weighted by Gasteiger charge is -2.24. The average Bonchev–Trinajstić information content (AvgIpc) is 2.64. The molecule has 1 N–H and O–H groups in total. The summed E-state index contributed by atoms with van der Waals surface area (Å²) in [5, 5.41) is 3.54.